The van der Waals surface area contributed by atoms with Crippen LogP contribution in [0.5, 0.6) is 11.5 Å². The average Bonchev–Trinajstić information content (AvgIpc) is 3.47. The van der Waals surface area contributed by atoms with Crippen LogP contribution in [0.15, 0.2) is 35.5 Å². The second-order valence-electron chi connectivity index (χ2n) is 8.61. The molecule has 1 fully saturated rings. The second-order valence-corrected chi connectivity index (χ2v) is 9.41. The number of aromatic nitrogens is 2. The molecule has 0 bridgehead atoms. The summed E-state index contributed by atoms with van der Waals surface area (Å²) in [6.07, 6.45) is 6.40. The van der Waals surface area contributed by atoms with E-state index in [9.17, 15) is 0 Å². The lowest BCUT2D eigenvalue weighted by molar-refractivity contribution is 0.157. The molecule has 0 saturated carbocycles. The summed E-state index contributed by atoms with van der Waals surface area (Å²) in [6.45, 7) is 6.96. The minimum atomic E-state index is 0.424. The molecule has 32 heavy (non-hydrogen) atoms. The van der Waals surface area contributed by atoms with Crippen LogP contribution in [0.25, 0.3) is 16.8 Å². The van der Waals surface area contributed by atoms with Gasteiger partial charge in [0.15, 0.2) is 10.7 Å². The van der Waals surface area contributed by atoms with Gasteiger partial charge in [0.1, 0.15) is 17.5 Å². The Morgan fingerprint density at radius 2 is 1.97 bits per heavy atom. The first-order chi connectivity index (χ1) is 15.5. The zero-order chi connectivity index (χ0) is 22.9. The van der Waals surface area contributed by atoms with Crippen LogP contribution >= 0.6 is 11.8 Å². The molecular weight excluding hydrogens is 422 g/mol. The minimum absolute atomic E-state index is 0.424. The van der Waals surface area contributed by atoms with E-state index in [0.29, 0.717) is 6.04 Å². The maximum atomic E-state index is 5.81. The highest BCUT2D eigenvalue weighted by atomic mass is 32.2. The van der Waals surface area contributed by atoms with E-state index in [1.54, 1.807) is 26.0 Å². The third-order valence-corrected chi connectivity index (χ3v) is 7.25. The highest BCUT2D eigenvalue weighted by Gasteiger charge is 2.42. The molecule has 0 amide bonds. The maximum Gasteiger partial charge on any atom is 0.246 e. The zero-order valence-electron chi connectivity index (χ0n) is 20.0. The molecule has 1 aliphatic heterocycles. The van der Waals surface area contributed by atoms with E-state index >= 15 is 0 Å². The van der Waals surface area contributed by atoms with Gasteiger partial charge in [-0.2, -0.15) is 0 Å². The molecule has 1 aliphatic rings. The number of benzene rings is 1. The van der Waals surface area contributed by atoms with E-state index in [1.807, 2.05) is 19.1 Å². The van der Waals surface area contributed by atoms with Crippen LogP contribution in [-0.4, -0.2) is 62.7 Å². The average molecular weight is 457 g/mol. The summed E-state index contributed by atoms with van der Waals surface area (Å²) in [4.78, 5) is 5.16. The number of rotatable bonds is 8. The van der Waals surface area contributed by atoms with Gasteiger partial charge in [0, 0.05) is 18.2 Å². The van der Waals surface area contributed by atoms with E-state index in [4.69, 9.17) is 19.2 Å². The Hall–Kier alpha value is -2.22. The zero-order valence-corrected chi connectivity index (χ0v) is 20.8. The molecule has 1 aromatic carbocycles. The molecule has 0 N–H and O–H groups in total. The second kappa shape index (κ2) is 9.33. The van der Waals surface area contributed by atoms with Gasteiger partial charge in [-0.1, -0.05) is 6.92 Å². The number of pyridine rings is 1. The van der Waals surface area contributed by atoms with Crippen molar-refractivity contribution < 1.29 is 14.2 Å². The number of nitrogens with zero attached hydrogens (tertiary/aromatic N) is 3. The highest BCUT2D eigenvalue weighted by Crippen LogP contribution is 2.44. The molecule has 0 spiro atoms. The third kappa shape index (κ3) is 3.76. The normalized spacial score (nSPS) is 18.1. The summed E-state index contributed by atoms with van der Waals surface area (Å²) in [5, 5.41) is 1.06. The Morgan fingerprint density at radius 1 is 1.25 bits per heavy atom. The smallest absolute Gasteiger partial charge is 0.246 e. The van der Waals surface area contributed by atoms with Crippen molar-refractivity contribution in [1.82, 2.24) is 13.9 Å². The quantitative estimate of drug-likeness (QED) is 0.345. The molecule has 0 aliphatic carbocycles. The number of likely N-dealkylation sites (N-methyl/N-ethyl adjacent to an activating group) is 1. The fourth-order valence-electron chi connectivity index (χ4n) is 5.04. The van der Waals surface area contributed by atoms with Crippen molar-refractivity contribution in [3.05, 3.63) is 36.0 Å². The number of aryl methyl sites for hydroxylation is 1. The molecule has 3 aromatic rings. The van der Waals surface area contributed by atoms with Crippen LogP contribution in [0.2, 0.25) is 0 Å². The lowest BCUT2D eigenvalue weighted by atomic mass is 10.0. The van der Waals surface area contributed by atoms with Gasteiger partial charge < -0.3 is 14.2 Å². The summed E-state index contributed by atoms with van der Waals surface area (Å²) >= 11 is 1.71. The van der Waals surface area contributed by atoms with Crippen molar-refractivity contribution >= 4 is 23.2 Å². The Morgan fingerprint density at radius 3 is 2.53 bits per heavy atom. The fraction of sp³-hybridized carbons (Fsp3) is 0.480. The van der Waals surface area contributed by atoms with Crippen molar-refractivity contribution in [2.75, 3.05) is 47.3 Å². The molecule has 7 heteroatoms. The number of thioether (sulfide) groups is 1. The highest BCUT2D eigenvalue weighted by molar-refractivity contribution is 7.98. The topological polar surface area (TPSA) is 45.0 Å². The standard InChI is InChI=1S/C25H34N3O3S/c1-7-12-28(3,18-10-13-31-16-18)25-24(32-6)26-23-19(9-8-11-27(23)25)22-20(29-4)14-17(2)15-21(22)30-5/h8-9,11,14-15,18H,7,10,12-13,16H2,1-6H3/q+1. The fourth-order valence-corrected chi connectivity index (χ4v) is 5.70. The van der Waals surface area contributed by atoms with E-state index in [-0.39, 0.29) is 0 Å². The van der Waals surface area contributed by atoms with Crippen molar-refractivity contribution in [2.45, 2.75) is 37.8 Å². The summed E-state index contributed by atoms with van der Waals surface area (Å²) in [6, 6.07) is 8.72. The first-order valence-corrected chi connectivity index (χ1v) is 12.4. The molecule has 172 valence electrons. The molecule has 0 radical (unpaired) electrons. The van der Waals surface area contributed by atoms with Crippen molar-refractivity contribution in [3.8, 4) is 22.6 Å². The number of hydrogen-bond donors (Lipinski definition) is 0. The number of fused-ring (bicyclic) bond motifs is 1. The Bertz CT molecular complexity index is 1080. The SMILES string of the molecule is CCC[N+](C)(c1c(SC)nc2c(-c3c(OC)cc(C)cc3OC)cccn12)C1CCOC1. The van der Waals surface area contributed by atoms with Crippen molar-refractivity contribution in [3.63, 3.8) is 0 Å². The van der Waals surface area contributed by atoms with Gasteiger partial charge in [-0.05, 0) is 49.4 Å². The number of methoxy groups -OCH3 is 2. The lowest BCUT2D eigenvalue weighted by Gasteiger charge is -2.38. The number of quaternary nitrogens is 1. The molecule has 2 unspecified atom stereocenters. The molecular formula is C25H34N3O3S+. The Kier molecular flexibility index (Phi) is 6.70. The summed E-state index contributed by atoms with van der Waals surface area (Å²) in [7, 11) is 5.75. The van der Waals surface area contributed by atoms with Gasteiger partial charge >= 0.3 is 0 Å². The van der Waals surface area contributed by atoms with E-state index < -0.39 is 0 Å². The maximum absolute atomic E-state index is 5.81. The van der Waals surface area contributed by atoms with Crippen LogP contribution in [0.4, 0.5) is 5.82 Å². The van der Waals surface area contributed by atoms with Gasteiger partial charge in [0.2, 0.25) is 5.82 Å². The molecule has 2 atom stereocenters. The molecule has 6 nitrogen and oxygen atoms in total. The van der Waals surface area contributed by atoms with Crippen molar-refractivity contribution in [2.24, 2.45) is 0 Å². The minimum Gasteiger partial charge on any atom is -0.496 e. The van der Waals surface area contributed by atoms with Crippen LogP contribution < -0.4 is 14.0 Å². The lowest BCUT2D eigenvalue weighted by Crippen LogP contribution is -2.55. The first kappa shape index (κ1) is 23.0. The number of ether oxygens (including phenoxy) is 3. The third-order valence-electron chi connectivity index (χ3n) is 6.59. The summed E-state index contributed by atoms with van der Waals surface area (Å²) < 4.78 is 20.5. The predicted molar refractivity (Wildman–Crippen MR) is 132 cm³/mol. The Labute approximate surface area is 195 Å². The van der Waals surface area contributed by atoms with E-state index in [0.717, 1.165) is 75.9 Å². The van der Waals surface area contributed by atoms with Gasteiger partial charge in [-0.25, -0.2) is 4.98 Å². The predicted octanol–water partition coefficient (Wildman–Crippen LogP) is 5.18. The van der Waals surface area contributed by atoms with Crippen molar-refractivity contribution in [1.29, 1.82) is 0 Å². The first-order valence-electron chi connectivity index (χ1n) is 11.2. The van der Waals surface area contributed by atoms with Gasteiger partial charge in [-0.3, -0.25) is 8.88 Å². The molecule has 2 aromatic heterocycles. The number of hydrogen-bond acceptors (Lipinski definition) is 5. The van der Waals surface area contributed by atoms with Crippen LogP contribution in [-0.2, 0) is 4.74 Å². The van der Waals surface area contributed by atoms with E-state index in [2.05, 4.69) is 43.0 Å². The molecule has 4 rings (SSSR count). The van der Waals surface area contributed by atoms with Crippen LogP contribution in [0.1, 0.15) is 25.3 Å². The van der Waals surface area contributed by atoms with Gasteiger partial charge in [-0.15, -0.1) is 11.8 Å². The summed E-state index contributed by atoms with van der Waals surface area (Å²) in [5.74, 6) is 2.82. The van der Waals surface area contributed by atoms with Crippen LogP contribution in [0, 0.1) is 6.92 Å². The molecule has 1 saturated heterocycles. The van der Waals surface area contributed by atoms with Crippen LogP contribution in [0.3, 0.4) is 0 Å². The number of imidazole rings is 1. The summed E-state index contributed by atoms with van der Waals surface area (Å²) in [5.41, 5.74) is 3.96. The van der Waals surface area contributed by atoms with E-state index in [1.165, 1.54) is 5.82 Å². The van der Waals surface area contributed by atoms with Gasteiger partial charge in [0.25, 0.3) is 0 Å². The molecule has 3 heterocycles. The largest absolute Gasteiger partial charge is 0.496 e. The Balaban J connectivity index is 2.00. The monoisotopic (exact) mass is 456 g/mol. The van der Waals surface area contributed by atoms with Gasteiger partial charge in [0.05, 0.1) is 46.6 Å².